The maximum absolute atomic E-state index is 6.08. The number of nitrogens with two attached hydrogens (primary N) is 1. The molecule has 0 saturated carbocycles. The Morgan fingerprint density at radius 1 is 1.54 bits per heavy atom. The van der Waals surface area contributed by atoms with Crippen molar-refractivity contribution in [3.8, 4) is 0 Å². The summed E-state index contributed by atoms with van der Waals surface area (Å²) < 4.78 is 1.93. The Morgan fingerprint density at radius 2 is 2.15 bits per heavy atom. The second-order valence-electron chi connectivity index (χ2n) is 3.46. The van der Waals surface area contributed by atoms with Crippen LogP contribution in [0.1, 0.15) is 31.3 Å². The molecule has 74 valence electrons. The molecule has 1 rings (SSSR count). The van der Waals surface area contributed by atoms with Crippen LogP contribution in [0.25, 0.3) is 0 Å². The van der Waals surface area contributed by atoms with Crippen LogP contribution in [-0.2, 0) is 13.5 Å². The molecule has 0 atom stereocenters. The molecule has 0 aliphatic rings. The van der Waals surface area contributed by atoms with Gasteiger partial charge in [-0.25, -0.2) is 4.98 Å². The molecular formula is C9H16ClN3. The molecule has 0 spiro atoms. The van der Waals surface area contributed by atoms with E-state index in [-0.39, 0.29) is 0 Å². The van der Waals surface area contributed by atoms with Crippen LogP contribution in [0.2, 0.25) is 5.15 Å². The van der Waals surface area contributed by atoms with E-state index in [1.54, 1.807) is 0 Å². The summed E-state index contributed by atoms with van der Waals surface area (Å²) in [6.07, 6.45) is 0.749. The van der Waals surface area contributed by atoms with Crippen molar-refractivity contribution < 1.29 is 0 Å². The molecule has 1 aromatic rings. The first-order chi connectivity index (χ1) is 6.07. The fraction of sp³-hybridized carbons (Fsp3) is 0.667. The van der Waals surface area contributed by atoms with Crippen LogP contribution in [0.5, 0.6) is 0 Å². The van der Waals surface area contributed by atoms with Gasteiger partial charge in [0.1, 0.15) is 11.0 Å². The van der Waals surface area contributed by atoms with Crippen molar-refractivity contribution in [2.24, 2.45) is 12.8 Å². The summed E-state index contributed by atoms with van der Waals surface area (Å²) >= 11 is 6.08. The Morgan fingerprint density at radius 3 is 2.54 bits per heavy atom. The molecule has 13 heavy (non-hydrogen) atoms. The normalized spacial score (nSPS) is 11.2. The summed E-state index contributed by atoms with van der Waals surface area (Å²) in [4.78, 5) is 4.45. The number of rotatable bonds is 3. The van der Waals surface area contributed by atoms with Crippen LogP contribution in [-0.4, -0.2) is 16.1 Å². The largest absolute Gasteiger partial charge is 0.330 e. The zero-order valence-electron chi connectivity index (χ0n) is 8.34. The first-order valence-corrected chi connectivity index (χ1v) is 4.86. The zero-order valence-corrected chi connectivity index (χ0v) is 9.10. The number of hydrogen-bond acceptors (Lipinski definition) is 2. The minimum absolute atomic E-state index is 0.397. The molecular weight excluding hydrogens is 186 g/mol. The molecule has 4 heteroatoms. The van der Waals surface area contributed by atoms with Crippen LogP contribution < -0.4 is 5.73 Å². The van der Waals surface area contributed by atoms with E-state index in [4.69, 9.17) is 17.3 Å². The average molecular weight is 202 g/mol. The predicted octanol–water partition coefficient (Wildman–Crippen LogP) is 1.70. The first kappa shape index (κ1) is 10.5. The fourth-order valence-electron chi connectivity index (χ4n) is 1.37. The Hall–Kier alpha value is -0.540. The minimum Gasteiger partial charge on any atom is -0.330 e. The Labute approximate surface area is 83.9 Å². The fourth-order valence-corrected chi connectivity index (χ4v) is 1.59. The summed E-state index contributed by atoms with van der Waals surface area (Å²) in [6.45, 7) is 4.80. The van der Waals surface area contributed by atoms with Gasteiger partial charge in [0, 0.05) is 19.4 Å². The Balaban J connectivity index is 3.05. The van der Waals surface area contributed by atoms with Gasteiger partial charge in [0.25, 0.3) is 0 Å². The molecule has 0 aliphatic heterocycles. The van der Waals surface area contributed by atoms with Gasteiger partial charge in [0.15, 0.2) is 0 Å². The summed E-state index contributed by atoms with van der Waals surface area (Å²) in [5, 5.41) is 0.717. The maximum Gasteiger partial charge on any atom is 0.131 e. The number of aromatic nitrogens is 2. The number of halogens is 1. The number of imidazole rings is 1. The van der Waals surface area contributed by atoms with E-state index in [1.807, 2.05) is 11.6 Å². The van der Waals surface area contributed by atoms with Crippen molar-refractivity contribution in [1.82, 2.24) is 9.55 Å². The monoisotopic (exact) mass is 201 g/mol. The van der Waals surface area contributed by atoms with Gasteiger partial charge in [-0.3, -0.25) is 0 Å². The molecule has 0 amide bonds. The molecule has 0 aromatic carbocycles. The molecule has 0 unspecified atom stereocenters. The van der Waals surface area contributed by atoms with E-state index in [2.05, 4.69) is 18.8 Å². The van der Waals surface area contributed by atoms with Crippen molar-refractivity contribution in [3.63, 3.8) is 0 Å². The molecule has 0 saturated heterocycles. The lowest BCUT2D eigenvalue weighted by Crippen LogP contribution is -2.03. The van der Waals surface area contributed by atoms with Crippen molar-refractivity contribution in [3.05, 3.63) is 16.7 Å². The standard InChI is InChI=1S/C9H16ClN3/c1-6(2)9-12-7(4-5-11)8(10)13(9)3/h6H,4-5,11H2,1-3H3. The van der Waals surface area contributed by atoms with Gasteiger partial charge < -0.3 is 10.3 Å². The second kappa shape index (κ2) is 4.11. The van der Waals surface area contributed by atoms with Crippen LogP contribution in [0.15, 0.2) is 0 Å². The van der Waals surface area contributed by atoms with Gasteiger partial charge in [-0.05, 0) is 6.54 Å². The SMILES string of the molecule is CC(C)c1nc(CCN)c(Cl)n1C. The van der Waals surface area contributed by atoms with Crippen molar-refractivity contribution in [2.75, 3.05) is 6.54 Å². The van der Waals surface area contributed by atoms with Crippen LogP contribution in [0, 0.1) is 0 Å². The number of nitrogens with zero attached hydrogens (tertiary/aromatic N) is 2. The lowest BCUT2D eigenvalue weighted by molar-refractivity contribution is 0.710. The maximum atomic E-state index is 6.08. The third-order valence-corrected chi connectivity index (χ3v) is 2.49. The molecule has 0 radical (unpaired) electrons. The zero-order chi connectivity index (χ0) is 10.0. The third-order valence-electron chi connectivity index (χ3n) is 2.02. The van der Waals surface area contributed by atoms with Crippen LogP contribution >= 0.6 is 11.6 Å². The van der Waals surface area contributed by atoms with Gasteiger partial charge in [-0.2, -0.15) is 0 Å². The highest BCUT2D eigenvalue weighted by molar-refractivity contribution is 6.30. The van der Waals surface area contributed by atoms with E-state index < -0.39 is 0 Å². The summed E-state index contributed by atoms with van der Waals surface area (Å²) in [5.74, 6) is 1.42. The average Bonchev–Trinajstić information content (AvgIpc) is 2.33. The van der Waals surface area contributed by atoms with Gasteiger partial charge in [-0.1, -0.05) is 25.4 Å². The van der Waals surface area contributed by atoms with E-state index >= 15 is 0 Å². The second-order valence-corrected chi connectivity index (χ2v) is 3.82. The lowest BCUT2D eigenvalue weighted by atomic mass is 10.2. The lowest BCUT2D eigenvalue weighted by Gasteiger charge is -2.03. The molecule has 1 heterocycles. The molecule has 3 nitrogen and oxygen atoms in total. The van der Waals surface area contributed by atoms with Crippen LogP contribution in [0.3, 0.4) is 0 Å². The van der Waals surface area contributed by atoms with E-state index in [9.17, 15) is 0 Å². The summed E-state index contributed by atoms with van der Waals surface area (Å²) in [6, 6.07) is 0. The van der Waals surface area contributed by atoms with E-state index in [0.717, 1.165) is 17.9 Å². The highest BCUT2D eigenvalue weighted by Crippen LogP contribution is 2.21. The minimum atomic E-state index is 0.397. The smallest absolute Gasteiger partial charge is 0.131 e. The topological polar surface area (TPSA) is 43.8 Å². The highest BCUT2D eigenvalue weighted by atomic mass is 35.5. The van der Waals surface area contributed by atoms with Crippen molar-refractivity contribution in [1.29, 1.82) is 0 Å². The molecule has 0 fully saturated rings. The van der Waals surface area contributed by atoms with Crippen molar-refractivity contribution >= 4 is 11.6 Å². The van der Waals surface area contributed by atoms with Gasteiger partial charge in [0.2, 0.25) is 0 Å². The summed E-state index contributed by atoms with van der Waals surface area (Å²) in [7, 11) is 1.94. The van der Waals surface area contributed by atoms with Gasteiger partial charge in [-0.15, -0.1) is 0 Å². The third kappa shape index (κ3) is 2.03. The van der Waals surface area contributed by atoms with Crippen molar-refractivity contribution in [2.45, 2.75) is 26.2 Å². The van der Waals surface area contributed by atoms with E-state index in [0.29, 0.717) is 17.6 Å². The number of hydrogen-bond donors (Lipinski definition) is 1. The molecule has 0 bridgehead atoms. The predicted molar refractivity (Wildman–Crippen MR) is 55.1 cm³/mol. The summed E-state index contributed by atoms with van der Waals surface area (Å²) in [5.41, 5.74) is 6.37. The molecule has 1 aromatic heterocycles. The highest BCUT2D eigenvalue weighted by Gasteiger charge is 2.13. The molecule has 0 aliphatic carbocycles. The first-order valence-electron chi connectivity index (χ1n) is 4.49. The van der Waals surface area contributed by atoms with Gasteiger partial charge in [0.05, 0.1) is 5.69 Å². The van der Waals surface area contributed by atoms with Gasteiger partial charge >= 0.3 is 0 Å². The quantitative estimate of drug-likeness (QED) is 0.809. The van der Waals surface area contributed by atoms with E-state index in [1.165, 1.54) is 0 Å². The Kier molecular flexibility index (Phi) is 3.33. The Bertz CT molecular complexity index is 291. The molecule has 2 N–H and O–H groups in total. The van der Waals surface area contributed by atoms with Crippen LogP contribution in [0.4, 0.5) is 0 Å².